The fourth-order valence-electron chi connectivity index (χ4n) is 3.99. The normalized spacial score (nSPS) is 11.0. The Hall–Kier alpha value is -3.19. The smallest absolute Gasteiger partial charge is 0.373 e. The minimum absolute atomic E-state index is 0.0811. The van der Waals surface area contributed by atoms with E-state index in [0.717, 1.165) is 55.6 Å². The molecule has 1 aromatic heterocycles. The lowest BCUT2D eigenvalue weighted by molar-refractivity contribution is 0.739. The van der Waals surface area contributed by atoms with Crippen molar-refractivity contribution in [3.05, 3.63) is 45.6 Å². The highest BCUT2D eigenvalue weighted by Crippen LogP contribution is 2.38. The standard InChI is InChI=1S/C24H33N7/c1-9-14-30(15-10-2)20-16-18(11-3)21(17(6)19(20)12-4)28-29-24-27-22(25-7)23(26-8)31(24)13-5/h16H,9-15H2,1-6H3. The number of benzene rings is 1. The molecule has 0 spiro atoms. The molecule has 0 fully saturated rings. The number of aryl methyl sites for hydroxylation is 1. The highest BCUT2D eigenvalue weighted by molar-refractivity contribution is 5.69. The SMILES string of the molecule is [C-]#[N+]c1nc(N=Nc2c(CC)cc(N(CCC)CCC)c(CC)c2C)n(CC)c1[N+]#[C-]. The van der Waals surface area contributed by atoms with Crippen LogP contribution in [-0.4, -0.2) is 22.6 Å². The van der Waals surface area contributed by atoms with E-state index < -0.39 is 0 Å². The third kappa shape index (κ3) is 4.94. The summed E-state index contributed by atoms with van der Waals surface area (Å²) in [6.45, 7) is 30.0. The van der Waals surface area contributed by atoms with Crippen molar-refractivity contribution in [2.24, 2.45) is 10.2 Å². The molecule has 7 heteroatoms. The average Bonchev–Trinajstić information content (AvgIpc) is 3.14. The fourth-order valence-corrected chi connectivity index (χ4v) is 3.99. The Kier molecular flexibility index (Phi) is 8.75. The van der Waals surface area contributed by atoms with Crippen molar-refractivity contribution in [3.8, 4) is 0 Å². The predicted octanol–water partition coefficient (Wildman–Crippen LogP) is 7.48. The Morgan fingerprint density at radius 2 is 1.68 bits per heavy atom. The van der Waals surface area contributed by atoms with Gasteiger partial charge < -0.3 is 14.6 Å². The number of hydrogen-bond acceptors (Lipinski definition) is 4. The largest absolute Gasteiger partial charge is 0.416 e. The van der Waals surface area contributed by atoms with Gasteiger partial charge in [0, 0.05) is 18.8 Å². The van der Waals surface area contributed by atoms with Crippen LogP contribution in [0.4, 0.5) is 29.0 Å². The summed E-state index contributed by atoms with van der Waals surface area (Å²) in [7, 11) is 0. The molecule has 31 heavy (non-hydrogen) atoms. The topological polar surface area (TPSA) is 54.5 Å². The van der Waals surface area contributed by atoms with Crippen molar-refractivity contribution >= 4 is 29.0 Å². The molecule has 0 saturated heterocycles. The minimum Gasteiger partial charge on any atom is -0.373 e. The second kappa shape index (κ2) is 11.3. The maximum absolute atomic E-state index is 7.37. The first kappa shape index (κ1) is 24.1. The first-order valence-corrected chi connectivity index (χ1v) is 11.2. The molecule has 0 saturated carbocycles. The molecule has 1 aromatic carbocycles. The van der Waals surface area contributed by atoms with Crippen molar-refractivity contribution in [3.63, 3.8) is 0 Å². The molecule has 0 amide bonds. The number of aromatic nitrogens is 2. The van der Waals surface area contributed by atoms with Crippen molar-refractivity contribution in [2.45, 2.75) is 73.8 Å². The molecular formula is C24H33N7. The summed E-state index contributed by atoms with van der Waals surface area (Å²) in [6.07, 6.45) is 3.99. The van der Waals surface area contributed by atoms with Gasteiger partial charge in [-0.3, -0.25) is 0 Å². The van der Waals surface area contributed by atoms with Crippen LogP contribution in [0.15, 0.2) is 16.3 Å². The third-order valence-corrected chi connectivity index (χ3v) is 5.46. The number of anilines is 1. The highest BCUT2D eigenvalue weighted by Gasteiger charge is 2.22. The van der Waals surface area contributed by atoms with Gasteiger partial charge in [-0.2, -0.15) is 0 Å². The second-order valence-corrected chi connectivity index (χ2v) is 7.43. The fraction of sp³-hybridized carbons (Fsp3) is 0.542. The summed E-state index contributed by atoms with van der Waals surface area (Å²) in [5, 5.41) is 8.99. The van der Waals surface area contributed by atoms with Crippen LogP contribution < -0.4 is 4.90 Å². The molecule has 2 rings (SSSR count). The van der Waals surface area contributed by atoms with Gasteiger partial charge in [0.15, 0.2) is 0 Å². The number of imidazole rings is 1. The molecule has 0 aliphatic carbocycles. The molecule has 0 unspecified atom stereocenters. The van der Waals surface area contributed by atoms with E-state index in [1.807, 2.05) is 6.92 Å². The Morgan fingerprint density at radius 1 is 1.00 bits per heavy atom. The quantitative estimate of drug-likeness (QED) is 0.296. The molecule has 164 valence electrons. The zero-order valence-corrected chi connectivity index (χ0v) is 19.7. The van der Waals surface area contributed by atoms with Gasteiger partial charge in [0.25, 0.3) is 11.6 Å². The van der Waals surface area contributed by atoms with Crippen LogP contribution in [0.3, 0.4) is 0 Å². The van der Waals surface area contributed by atoms with Crippen LogP contribution >= 0.6 is 0 Å². The van der Waals surface area contributed by atoms with E-state index in [1.165, 1.54) is 11.3 Å². The van der Waals surface area contributed by atoms with Crippen molar-refractivity contribution in [2.75, 3.05) is 18.0 Å². The van der Waals surface area contributed by atoms with Crippen LogP contribution in [0.25, 0.3) is 9.69 Å². The maximum Gasteiger partial charge on any atom is 0.416 e. The maximum atomic E-state index is 7.37. The van der Waals surface area contributed by atoms with Gasteiger partial charge in [0.2, 0.25) is 0 Å². The van der Waals surface area contributed by atoms with Gasteiger partial charge in [0.1, 0.15) is 0 Å². The third-order valence-electron chi connectivity index (χ3n) is 5.46. The molecule has 0 radical (unpaired) electrons. The van der Waals surface area contributed by atoms with E-state index in [9.17, 15) is 0 Å². The second-order valence-electron chi connectivity index (χ2n) is 7.43. The Bertz CT molecular complexity index is 1010. The zero-order chi connectivity index (χ0) is 23.0. The molecule has 7 nitrogen and oxygen atoms in total. The van der Waals surface area contributed by atoms with E-state index in [0.29, 0.717) is 12.5 Å². The van der Waals surface area contributed by atoms with E-state index in [4.69, 9.17) is 13.1 Å². The first-order valence-electron chi connectivity index (χ1n) is 11.2. The lowest BCUT2D eigenvalue weighted by atomic mass is 9.96. The van der Waals surface area contributed by atoms with Gasteiger partial charge in [-0.25, -0.2) is 4.57 Å². The molecule has 0 bridgehead atoms. The Balaban J connectivity index is 2.62. The van der Waals surface area contributed by atoms with Crippen LogP contribution in [0, 0.1) is 20.1 Å². The van der Waals surface area contributed by atoms with Gasteiger partial charge >= 0.3 is 5.95 Å². The molecule has 0 aliphatic rings. The summed E-state index contributed by atoms with van der Waals surface area (Å²) in [5.74, 6) is 0.609. The number of azo groups is 1. The summed E-state index contributed by atoms with van der Waals surface area (Å²) in [5.41, 5.74) is 5.77. The van der Waals surface area contributed by atoms with Crippen LogP contribution in [-0.2, 0) is 19.4 Å². The van der Waals surface area contributed by atoms with E-state index in [2.05, 4.69) is 70.5 Å². The van der Waals surface area contributed by atoms with Crippen LogP contribution in [0.2, 0.25) is 0 Å². The average molecular weight is 420 g/mol. The molecular weight excluding hydrogens is 386 g/mol. The van der Waals surface area contributed by atoms with Gasteiger partial charge in [-0.15, -0.1) is 5.11 Å². The van der Waals surface area contributed by atoms with Crippen LogP contribution in [0.1, 0.15) is 64.2 Å². The Morgan fingerprint density at radius 3 is 2.16 bits per heavy atom. The van der Waals surface area contributed by atoms with E-state index in [1.54, 1.807) is 4.57 Å². The highest BCUT2D eigenvalue weighted by atomic mass is 15.3. The first-order chi connectivity index (χ1) is 15.0. The van der Waals surface area contributed by atoms with Crippen molar-refractivity contribution < 1.29 is 0 Å². The lowest BCUT2D eigenvalue weighted by Crippen LogP contribution is -2.26. The van der Waals surface area contributed by atoms with Gasteiger partial charge in [-0.05, 0) is 62.3 Å². The van der Waals surface area contributed by atoms with E-state index in [-0.39, 0.29) is 11.6 Å². The minimum atomic E-state index is 0.0811. The number of rotatable bonds is 10. The number of nitrogens with zero attached hydrogens (tertiary/aromatic N) is 7. The van der Waals surface area contributed by atoms with Crippen LogP contribution in [0.5, 0.6) is 0 Å². The molecule has 0 aliphatic heterocycles. The molecule has 0 atom stereocenters. The van der Waals surface area contributed by atoms with Crippen molar-refractivity contribution in [1.29, 1.82) is 0 Å². The summed E-state index contributed by atoms with van der Waals surface area (Å²) in [6, 6.07) is 2.27. The summed E-state index contributed by atoms with van der Waals surface area (Å²) < 4.78 is 1.64. The Labute approximate surface area is 186 Å². The summed E-state index contributed by atoms with van der Waals surface area (Å²) >= 11 is 0. The van der Waals surface area contributed by atoms with Gasteiger partial charge in [-0.1, -0.05) is 50.9 Å². The number of hydrogen-bond donors (Lipinski definition) is 0. The zero-order valence-electron chi connectivity index (χ0n) is 19.7. The van der Waals surface area contributed by atoms with E-state index >= 15 is 0 Å². The summed E-state index contributed by atoms with van der Waals surface area (Å²) in [4.78, 5) is 13.5. The lowest BCUT2D eigenvalue weighted by Gasteiger charge is -2.28. The molecule has 0 N–H and O–H groups in total. The monoisotopic (exact) mass is 419 g/mol. The van der Waals surface area contributed by atoms with Gasteiger partial charge in [0.05, 0.1) is 12.2 Å². The van der Waals surface area contributed by atoms with Crippen molar-refractivity contribution in [1.82, 2.24) is 9.55 Å². The molecule has 2 aromatic rings. The molecule has 1 heterocycles. The predicted molar refractivity (Wildman–Crippen MR) is 127 cm³/mol.